The summed E-state index contributed by atoms with van der Waals surface area (Å²) in [6, 6.07) is 26.4. The monoisotopic (exact) mass is 439 g/mol. The smallest absolute Gasteiger partial charge is 0.364 e. The Morgan fingerprint density at radius 1 is 0.848 bits per heavy atom. The third-order valence-corrected chi connectivity index (χ3v) is 5.95. The lowest BCUT2D eigenvalue weighted by Crippen LogP contribution is -2.40. The molecule has 0 atom stereocenters. The van der Waals surface area contributed by atoms with E-state index in [1.807, 2.05) is 55.5 Å². The summed E-state index contributed by atoms with van der Waals surface area (Å²) in [5.74, 6) is 1.62. The molecular weight excluding hydrogens is 414 g/mol. The molecule has 4 aromatic carbocycles. The van der Waals surface area contributed by atoms with E-state index in [0.29, 0.717) is 6.61 Å². The van der Waals surface area contributed by atoms with Crippen molar-refractivity contribution < 1.29 is 9.47 Å². The summed E-state index contributed by atoms with van der Waals surface area (Å²) in [7, 11) is 3.37. The maximum Gasteiger partial charge on any atom is 0.364 e. The second-order valence-electron chi connectivity index (χ2n) is 8.09. The third-order valence-electron chi connectivity index (χ3n) is 5.95. The van der Waals surface area contributed by atoms with Crippen molar-refractivity contribution in [2.75, 3.05) is 7.11 Å². The predicted octanol–water partition coefficient (Wildman–Crippen LogP) is 5.22. The third kappa shape index (κ3) is 3.91. The number of rotatable bonds is 6. The molecule has 0 spiro atoms. The SMILES string of the molecule is COc1cccc(-c2ccc3cc(OCc4c(C)cccc4-n4[nH]n(C)c4=O)ccc3c2)c1. The zero-order valence-corrected chi connectivity index (χ0v) is 18.8. The van der Waals surface area contributed by atoms with Crippen LogP contribution in [0.1, 0.15) is 11.1 Å². The Morgan fingerprint density at radius 2 is 1.61 bits per heavy atom. The van der Waals surface area contributed by atoms with Crippen molar-refractivity contribution >= 4 is 10.8 Å². The Morgan fingerprint density at radius 3 is 2.39 bits per heavy atom. The fourth-order valence-electron chi connectivity index (χ4n) is 4.03. The van der Waals surface area contributed by atoms with Gasteiger partial charge < -0.3 is 9.47 Å². The second-order valence-corrected chi connectivity index (χ2v) is 8.09. The van der Waals surface area contributed by atoms with Gasteiger partial charge in [0.25, 0.3) is 0 Å². The molecule has 33 heavy (non-hydrogen) atoms. The topological polar surface area (TPSA) is 61.2 Å². The van der Waals surface area contributed by atoms with Crippen molar-refractivity contribution in [1.29, 1.82) is 0 Å². The number of H-pyrrole nitrogens is 1. The number of hydrogen-bond donors (Lipinski definition) is 1. The normalized spacial score (nSPS) is 11.1. The molecule has 5 aromatic rings. The van der Waals surface area contributed by atoms with E-state index in [1.54, 1.807) is 14.2 Å². The van der Waals surface area contributed by atoms with Gasteiger partial charge in [-0.05, 0) is 70.8 Å². The molecule has 1 aromatic heterocycles. The van der Waals surface area contributed by atoms with Crippen LogP contribution >= 0.6 is 0 Å². The van der Waals surface area contributed by atoms with Gasteiger partial charge in [-0.25, -0.2) is 14.7 Å². The van der Waals surface area contributed by atoms with Gasteiger partial charge in [-0.15, -0.1) is 0 Å². The molecule has 0 bridgehead atoms. The van der Waals surface area contributed by atoms with Crippen molar-refractivity contribution in [2.24, 2.45) is 7.05 Å². The number of fused-ring (bicyclic) bond motifs is 1. The van der Waals surface area contributed by atoms with Gasteiger partial charge in [0.2, 0.25) is 0 Å². The van der Waals surface area contributed by atoms with Crippen LogP contribution in [0.4, 0.5) is 0 Å². The van der Waals surface area contributed by atoms with Crippen LogP contribution in [0.2, 0.25) is 0 Å². The van der Waals surface area contributed by atoms with Gasteiger partial charge in [0.05, 0.1) is 12.8 Å². The molecule has 0 amide bonds. The molecule has 0 radical (unpaired) electrons. The van der Waals surface area contributed by atoms with Crippen molar-refractivity contribution in [1.82, 2.24) is 14.6 Å². The van der Waals surface area contributed by atoms with E-state index >= 15 is 0 Å². The van der Waals surface area contributed by atoms with Crippen LogP contribution in [0.15, 0.2) is 83.7 Å². The van der Waals surface area contributed by atoms with Crippen LogP contribution in [0, 0.1) is 6.92 Å². The molecule has 0 aliphatic heterocycles. The van der Waals surface area contributed by atoms with E-state index in [4.69, 9.17) is 9.47 Å². The molecule has 0 unspecified atom stereocenters. The van der Waals surface area contributed by atoms with Crippen molar-refractivity contribution in [2.45, 2.75) is 13.5 Å². The minimum atomic E-state index is -0.0978. The van der Waals surface area contributed by atoms with E-state index in [2.05, 4.69) is 35.5 Å². The maximum absolute atomic E-state index is 12.2. The molecule has 0 aliphatic rings. The summed E-state index contributed by atoms with van der Waals surface area (Å²) < 4.78 is 14.5. The van der Waals surface area contributed by atoms with Gasteiger partial charge in [-0.2, -0.15) is 4.68 Å². The van der Waals surface area contributed by atoms with Crippen LogP contribution in [0.25, 0.3) is 27.6 Å². The number of aromatic amines is 1. The Hall–Kier alpha value is -4.19. The van der Waals surface area contributed by atoms with Crippen LogP contribution in [0.3, 0.4) is 0 Å². The number of aryl methyl sites for hydroxylation is 2. The summed E-state index contributed by atoms with van der Waals surface area (Å²) in [6.45, 7) is 2.39. The molecule has 166 valence electrons. The van der Waals surface area contributed by atoms with Gasteiger partial charge in [-0.3, -0.25) is 0 Å². The van der Waals surface area contributed by atoms with E-state index in [1.165, 1.54) is 9.36 Å². The Kier molecular flexibility index (Phi) is 5.26. The minimum absolute atomic E-state index is 0.0978. The fourth-order valence-corrected chi connectivity index (χ4v) is 4.03. The van der Waals surface area contributed by atoms with E-state index in [-0.39, 0.29) is 5.69 Å². The largest absolute Gasteiger partial charge is 0.497 e. The highest BCUT2D eigenvalue weighted by atomic mass is 16.5. The van der Waals surface area contributed by atoms with Crippen LogP contribution in [-0.4, -0.2) is 21.7 Å². The Balaban J connectivity index is 1.40. The lowest BCUT2D eigenvalue weighted by molar-refractivity contribution is 0.304. The van der Waals surface area contributed by atoms with E-state index < -0.39 is 0 Å². The first-order valence-electron chi connectivity index (χ1n) is 10.8. The van der Waals surface area contributed by atoms with Gasteiger partial charge in [0, 0.05) is 12.6 Å². The van der Waals surface area contributed by atoms with Gasteiger partial charge >= 0.3 is 5.69 Å². The molecule has 0 aliphatic carbocycles. The quantitative estimate of drug-likeness (QED) is 0.395. The zero-order valence-electron chi connectivity index (χ0n) is 18.8. The first-order valence-corrected chi connectivity index (χ1v) is 10.8. The minimum Gasteiger partial charge on any atom is -0.497 e. The number of benzene rings is 4. The first kappa shape index (κ1) is 20.7. The molecule has 6 heteroatoms. The van der Waals surface area contributed by atoms with Crippen molar-refractivity contribution in [3.05, 3.63) is 100 Å². The van der Waals surface area contributed by atoms with Crippen molar-refractivity contribution in [3.8, 4) is 28.3 Å². The number of aromatic nitrogens is 3. The lowest BCUT2D eigenvalue weighted by atomic mass is 10.0. The number of methoxy groups -OCH3 is 1. The summed E-state index contributed by atoms with van der Waals surface area (Å²) in [5.41, 5.74) is 5.00. The highest BCUT2D eigenvalue weighted by molar-refractivity contribution is 5.88. The van der Waals surface area contributed by atoms with Crippen molar-refractivity contribution in [3.63, 3.8) is 0 Å². The molecule has 0 saturated carbocycles. The molecule has 1 heterocycles. The number of hydrogen-bond acceptors (Lipinski definition) is 3. The summed E-state index contributed by atoms with van der Waals surface area (Å²) in [4.78, 5) is 12.2. The first-order chi connectivity index (χ1) is 16.0. The average Bonchev–Trinajstić information content (AvgIpc) is 2.85. The lowest BCUT2D eigenvalue weighted by Gasteiger charge is -2.18. The number of ether oxygens (including phenoxy) is 2. The Labute approximate surface area is 191 Å². The zero-order chi connectivity index (χ0) is 22.9. The number of nitrogens with one attached hydrogen (secondary N) is 1. The summed E-state index contributed by atoms with van der Waals surface area (Å²) in [6.07, 6.45) is 0. The average molecular weight is 440 g/mol. The molecule has 0 saturated heterocycles. The molecule has 6 nitrogen and oxygen atoms in total. The second kappa shape index (κ2) is 8.39. The predicted molar refractivity (Wildman–Crippen MR) is 130 cm³/mol. The molecular formula is C27H25N3O3. The summed E-state index contributed by atoms with van der Waals surface area (Å²) in [5, 5.41) is 5.22. The fraction of sp³-hybridized carbons (Fsp3) is 0.148. The van der Waals surface area contributed by atoms with E-state index in [9.17, 15) is 4.79 Å². The van der Waals surface area contributed by atoms with E-state index in [0.717, 1.165) is 50.2 Å². The molecule has 1 N–H and O–H groups in total. The van der Waals surface area contributed by atoms with Crippen LogP contribution in [0.5, 0.6) is 11.5 Å². The Bertz CT molecular complexity index is 1510. The van der Waals surface area contributed by atoms with Gasteiger partial charge in [-0.1, -0.05) is 42.5 Å². The maximum atomic E-state index is 12.2. The highest BCUT2D eigenvalue weighted by Crippen LogP contribution is 2.29. The molecule has 0 fully saturated rings. The van der Waals surface area contributed by atoms with Gasteiger partial charge in [0.15, 0.2) is 0 Å². The van der Waals surface area contributed by atoms with Crippen LogP contribution < -0.4 is 15.2 Å². The summed E-state index contributed by atoms with van der Waals surface area (Å²) >= 11 is 0. The van der Waals surface area contributed by atoms with Gasteiger partial charge in [0.1, 0.15) is 18.1 Å². The molecule has 5 rings (SSSR count). The highest BCUT2D eigenvalue weighted by Gasteiger charge is 2.14. The number of nitrogens with zero attached hydrogens (tertiary/aromatic N) is 2. The standard InChI is InChI=1S/C27H25N3O3/c1-18-6-4-9-26(30-27(31)29(2)28-30)25(18)17-33-24-13-12-21-14-20(10-11-22(21)16-24)19-7-5-8-23(15-19)32-3/h4-16,28H,17H2,1-3H3. The van der Waals surface area contributed by atoms with Crippen LogP contribution in [-0.2, 0) is 13.7 Å².